The van der Waals surface area contributed by atoms with Crippen molar-refractivity contribution in [2.75, 3.05) is 31.1 Å². The molecule has 156 valence electrons. The fraction of sp³-hybridized carbons (Fsp3) is 0.522. The molecule has 2 fully saturated rings. The first-order chi connectivity index (χ1) is 14.8. The summed E-state index contributed by atoms with van der Waals surface area (Å²) < 4.78 is 0. The van der Waals surface area contributed by atoms with E-state index in [2.05, 4.69) is 4.90 Å². The molecule has 3 aromatic rings. The van der Waals surface area contributed by atoms with Gasteiger partial charge in [0, 0.05) is 37.0 Å². The molecule has 0 unspecified atom stereocenters. The Kier molecular flexibility index (Phi) is 4.76. The number of hydrogen-bond donors (Lipinski definition) is 0. The third-order valence-electron chi connectivity index (χ3n) is 6.60. The molecule has 4 heterocycles. The molecule has 0 spiro atoms. The summed E-state index contributed by atoms with van der Waals surface area (Å²) in [7, 11) is 0. The number of fused-ring (bicyclic) bond motifs is 3. The van der Waals surface area contributed by atoms with E-state index in [1.165, 1.54) is 70.5 Å². The van der Waals surface area contributed by atoms with Crippen LogP contribution in [0, 0.1) is 0 Å². The summed E-state index contributed by atoms with van der Waals surface area (Å²) in [6, 6.07) is 3.88. The normalized spacial score (nSPS) is 19.7. The molecule has 2 aliphatic carbocycles. The average Bonchev–Trinajstić information content (AvgIpc) is 3.44. The van der Waals surface area contributed by atoms with Gasteiger partial charge in [0.1, 0.15) is 16.5 Å². The van der Waals surface area contributed by atoms with Gasteiger partial charge in [0.05, 0.1) is 10.3 Å². The first-order valence-corrected chi connectivity index (χ1v) is 12.9. The van der Waals surface area contributed by atoms with Crippen molar-refractivity contribution in [2.45, 2.75) is 50.9 Å². The van der Waals surface area contributed by atoms with Crippen molar-refractivity contribution in [3.63, 3.8) is 0 Å². The van der Waals surface area contributed by atoms with Crippen LogP contribution in [0.4, 0.5) is 5.82 Å². The molecule has 1 aliphatic heterocycles. The Balaban J connectivity index is 1.33. The van der Waals surface area contributed by atoms with Crippen LogP contribution >= 0.6 is 22.7 Å². The van der Waals surface area contributed by atoms with Gasteiger partial charge in [-0.05, 0) is 55.5 Å². The second-order valence-electron chi connectivity index (χ2n) is 8.68. The molecule has 6 rings (SSSR count). The minimum absolute atomic E-state index is 0.167. The van der Waals surface area contributed by atoms with Crippen molar-refractivity contribution in [1.82, 2.24) is 14.9 Å². The van der Waals surface area contributed by atoms with E-state index < -0.39 is 0 Å². The molecule has 1 saturated carbocycles. The highest BCUT2D eigenvalue weighted by Crippen LogP contribution is 2.44. The summed E-state index contributed by atoms with van der Waals surface area (Å²) in [6.07, 6.45) is 8.68. The van der Waals surface area contributed by atoms with Gasteiger partial charge in [-0.2, -0.15) is 0 Å². The predicted octanol–water partition coefficient (Wildman–Crippen LogP) is 4.86. The summed E-state index contributed by atoms with van der Waals surface area (Å²) in [4.78, 5) is 30.9. The number of thiophene rings is 2. The SMILES string of the molecule is O=C(c1cccs1)N1CCN(c2nc(C3CC3)nc3sc4c(c23)CCCCC4)CC1. The zero-order chi connectivity index (χ0) is 20.1. The standard InChI is InChI=1S/C23H26N4OS2/c28-23(18-7-4-14-29-18)27-12-10-26(11-13-27)21-19-16-5-2-1-3-6-17(16)30-22(19)25-20(24-21)15-8-9-15/h4,7,14-15H,1-3,5-6,8-13H2. The van der Waals surface area contributed by atoms with Crippen molar-refractivity contribution in [2.24, 2.45) is 0 Å². The molecular weight excluding hydrogens is 412 g/mol. The van der Waals surface area contributed by atoms with Gasteiger partial charge in [0.25, 0.3) is 5.91 Å². The van der Waals surface area contributed by atoms with Gasteiger partial charge in [-0.1, -0.05) is 12.5 Å². The molecule has 0 radical (unpaired) electrons. The van der Waals surface area contributed by atoms with Gasteiger partial charge >= 0.3 is 0 Å². The number of hydrogen-bond acceptors (Lipinski definition) is 6. The van der Waals surface area contributed by atoms with Crippen molar-refractivity contribution < 1.29 is 4.79 Å². The van der Waals surface area contributed by atoms with E-state index in [-0.39, 0.29) is 5.91 Å². The van der Waals surface area contributed by atoms with E-state index in [4.69, 9.17) is 9.97 Å². The quantitative estimate of drug-likeness (QED) is 0.548. The Morgan fingerprint density at radius 3 is 2.63 bits per heavy atom. The Bertz CT molecular complexity index is 1080. The Labute approximate surface area is 184 Å². The maximum Gasteiger partial charge on any atom is 0.264 e. The van der Waals surface area contributed by atoms with Crippen LogP contribution < -0.4 is 4.90 Å². The van der Waals surface area contributed by atoms with Gasteiger partial charge in [-0.25, -0.2) is 9.97 Å². The number of anilines is 1. The van der Waals surface area contributed by atoms with Crippen LogP contribution in [0.3, 0.4) is 0 Å². The molecule has 0 bridgehead atoms. The van der Waals surface area contributed by atoms with Crippen LogP contribution in [-0.4, -0.2) is 47.0 Å². The number of nitrogens with zero attached hydrogens (tertiary/aromatic N) is 4. The second kappa shape index (κ2) is 7.61. The highest BCUT2D eigenvalue weighted by atomic mass is 32.1. The molecule has 5 nitrogen and oxygen atoms in total. The molecule has 0 N–H and O–H groups in total. The Morgan fingerprint density at radius 1 is 1.03 bits per heavy atom. The second-order valence-corrected chi connectivity index (χ2v) is 10.7. The maximum atomic E-state index is 12.8. The molecule has 1 amide bonds. The van der Waals surface area contributed by atoms with Crippen LogP contribution in [0.15, 0.2) is 17.5 Å². The van der Waals surface area contributed by atoms with Gasteiger partial charge in [-0.15, -0.1) is 22.7 Å². The number of piperazine rings is 1. The number of carbonyl (C=O) groups excluding carboxylic acids is 1. The summed E-state index contributed by atoms with van der Waals surface area (Å²) in [5, 5.41) is 3.29. The topological polar surface area (TPSA) is 49.3 Å². The van der Waals surface area contributed by atoms with Gasteiger partial charge in [0.15, 0.2) is 0 Å². The lowest BCUT2D eigenvalue weighted by Crippen LogP contribution is -2.49. The van der Waals surface area contributed by atoms with E-state index in [1.807, 2.05) is 33.7 Å². The predicted molar refractivity (Wildman–Crippen MR) is 123 cm³/mol. The van der Waals surface area contributed by atoms with E-state index in [0.717, 1.165) is 49.1 Å². The van der Waals surface area contributed by atoms with Crippen molar-refractivity contribution in [3.05, 3.63) is 38.7 Å². The first kappa shape index (κ1) is 18.8. The van der Waals surface area contributed by atoms with Gasteiger partial charge < -0.3 is 9.80 Å². The minimum atomic E-state index is 0.167. The van der Waals surface area contributed by atoms with Crippen LogP contribution in [0.2, 0.25) is 0 Å². The zero-order valence-electron chi connectivity index (χ0n) is 17.1. The summed E-state index contributed by atoms with van der Waals surface area (Å²) in [5.41, 5.74) is 1.52. The molecule has 0 atom stereocenters. The average molecular weight is 439 g/mol. The fourth-order valence-corrected chi connectivity index (χ4v) is 6.72. The third kappa shape index (κ3) is 3.32. The largest absolute Gasteiger partial charge is 0.352 e. The molecule has 7 heteroatoms. The van der Waals surface area contributed by atoms with Crippen molar-refractivity contribution in [3.8, 4) is 0 Å². The fourth-order valence-electron chi connectivity index (χ4n) is 4.76. The van der Waals surface area contributed by atoms with Crippen LogP contribution in [-0.2, 0) is 12.8 Å². The molecule has 3 aromatic heterocycles. The number of aromatic nitrogens is 2. The lowest BCUT2D eigenvalue weighted by molar-refractivity contribution is 0.0751. The number of amides is 1. The lowest BCUT2D eigenvalue weighted by Gasteiger charge is -2.35. The van der Waals surface area contributed by atoms with Crippen LogP contribution in [0.1, 0.15) is 64.0 Å². The molecular formula is C23H26N4OS2. The van der Waals surface area contributed by atoms with Crippen molar-refractivity contribution in [1.29, 1.82) is 0 Å². The third-order valence-corrected chi connectivity index (χ3v) is 8.65. The van der Waals surface area contributed by atoms with E-state index in [1.54, 1.807) is 0 Å². The summed E-state index contributed by atoms with van der Waals surface area (Å²) >= 11 is 3.44. The monoisotopic (exact) mass is 438 g/mol. The van der Waals surface area contributed by atoms with Crippen LogP contribution in [0.25, 0.3) is 10.2 Å². The molecule has 30 heavy (non-hydrogen) atoms. The number of carbonyl (C=O) groups is 1. The lowest BCUT2D eigenvalue weighted by atomic mass is 10.1. The van der Waals surface area contributed by atoms with E-state index in [9.17, 15) is 4.79 Å². The number of aryl methyl sites for hydroxylation is 2. The highest BCUT2D eigenvalue weighted by Gasteiger charge is 2.32. The van der Waals surface area contributed by atoms with E-state index >= 15 is 0 Å². The minimum Gasteiger partial charge on any atom is -0.352 e. The smallest absolute Gasteiger partial charge is 0.264 e. The summed E-state index contributed by atoms with van der Waals surface area (Å²) in [6.45, 7) is 3.20. The van der Waals surface area contributed by atoms with Crippen molar-refractivity contribution >= 4 is 44.6 Å². The number of rotatable bonds is 3. The molecule has 0 aromatic carbocycles. The van der Waals surface area contributed by atoms with Gasteiger partial charge in [-0.3, -0.25) is 4.79 Å². The highest BCUT2D eigenvalue weighted by molar-refractivity contribution is 7.19. The van der Waals surface area contributed by atoms with Crippen LogP contribution in [0.5, 0.6) is 0 Å². The zero-order valence-corrected chi connectivity index (χ0v) is 18.7. The Morgan fingerprint density at radius 2 is 1.87 bits per heavy atom. The first-order valence-electron chi connectivity index (χ1n) is 11.2. The summed E-state index contributed by atoms with van der Waals surface area (Å²) in [5.74, 6) is 2.91. The van der Waals surface area contributed by atoms with Gasteiger partial charge in [0.2, 0.25) is 0 Å². The van der Waals surface area contributed by atoms with E-state index in [0.29, 0.717) is 5.92 Å². The maximum absolute atomic E-state index is 12.8. The molecule has 1 saturated heterocycles. The molecule has 3 aliphatic rings. The Hall–Kier alpha value is -1.99.